The number of ether oxygens (including phenoxy) is 1. The maximum Gasteiger partial charge on any atom is 0.344 e. The third kappa shape index (κ3) is 2.39. The van der Waals surface area contributed by atoms with Gasteiger partial charge in [0.05, 0.1) is 15.9 Å². The molecule has 6 nitrogen and oxygen atoms in total. The Bertz CT molecular complexity index is 1080. The largest absolute Gasteiger partial charge is 0.457 e. The Labute approximate surface area is 142 Å². The zero-order valence-electron chi connectivity index (χ0n) is 13.3. The van der Waals surface area contributed by atoms with Crippen molar-refractivity contribution in [2.24, 2.45) is 0 Å². The summed E-state index contributed by atoms with van der Waals surface area (Å²) in [5, 5.41) is 12.1. The first-order chi connectivity index (χ1) is 12.1. The van der Waals surface area contributed by atoms with Gasteiger partial charge in [0.25, 0.3) is 5.70 Å². The van der Waals surface area contributed by atoms with Crippen molar-refractivity contribution in [3.8, 4) is 5.75 Å². The molecule has 1 aliphatic heterocycles. The van der Waals surface area contributed by atoms with Crippen LogP contribution >= 0.6 is 0 Å². The molecule has 4 rings (SSSR count). The van der Waals surface area contributed by atoms with Gasteiger partial charge in [0, 0.05) is 0 Å². The number of nitro groups is 1. The van der Waals surface area contributed by atoms with Crippen LogP contribution in [0.2, 0.25) is 0 Å². The molecule has 0 bridgehead atoms. The van der Waals surface area contributed by atoms with Crippen molar-refractivity contribution in [3.63, 3.8) is 0 Å². The summed E-state index contributed by atoms with van der Waals surface area (Å²) in [6, 6.07) is 14.2. The second kappa shape index (κ2) is 5.59. The van der Waals surface area contributed by atoms with Crippen LogP contribution in [0.3, 0.4) is 0 Å². The molecule has 6 heteroatoms. The van der Waals surface area contributed by atoms with Crippen molar-refractivity contribution < 1.29 is 14.1 Å². The molecule has 2 aromatic carbocycles. The molecule has 124 valence electrons. The lowest BCUT2D eigenvalue weighted by Crippen LogP contribution is -2.24. The summed E-state index contributed by atoms with van der Waals surface area (Å²) in [6.45, 7) is 1.92. The molecule has 0 amide bonds. The van der Waals surface area contributed by atoms with E-state index < -0.39 is 16.5 Å². The van der Waals surface area contributed by atoms with E-state index in [2.05, 4.69) is 0 Å². The Morgan fingerprint density at radius 3 is 2.52 bits per heavy atom. The summed E-state index contributed by atoms with van der Waals surface area (Å²) in [5.74, 6) is -0.539. The van der Waals surface area contributed by atoms with Crippen molar-refractivity contribution in [3.05, 3.63) is 97.7 Å². The summed E-state index contributed by atoms with van der Waals surface area (Å²) in [4.78, 5) is 23.6. The number of nitrogens with zero attached hydrogens (tertiary/aromatic N) is 1. The zero-order valence-corrected chi connectivity index (χ0v) is 13.3. The maximum absolute atomic E-state index is 12.6. The van der Waals surface area contributed by atoms with Gasteiger partial charge in [-0.3, -0.25) is 10.1 Å². The minimum absolute atomic E-state index is 0.150. The molecule has 1 unspecified atom stereocenters. The van der Waals surface area contributed by atoms with E-state index in [1.807, 2.05) is 19.1 Å². The highest BCUT2D eigenvalue weighted by atomic mass is 16.6. The molecule has 0 fully saturated rings. The summed E-state index contributed by atoms with van der Waals surface area (Å²) >= 11 is 0. The second-order valence-corrected chi connectivity index (χ2v) is 5.89. The Morgan fingerprint density at radius 1 is 1.08 bits per heavy atom. The number of hydrogen-bond donors (Lipinski definition) is 0. The first kappa shape index (κ1) is 15.1. The molecule has 0 radical (unpaired) electrons. The predicted molar refractivity (Wildman–Crippen MR) is 91.2 cm³/mol. The molecule has 0 spiro atoms. The van der Waals surface area contributed by atoms with Gasteiger partial charge in [-0.1, -0.05) is 42.0 Å². The van der Waals surface area contributed by atoms with Crippen LogP contribution in [-0.4, -0.2) is 4.92 Å². The van der Waals surface area contributed by atoms with Gasteiger partial charge in [-0.2, -0.15) is 0 Å². The second-order valence-electron chi connectivity index (χ2n) is 5.89. The number of para-hydroxylation sites is 1. The van der Waals surface area contributed by atoms with Crippen molar-refractivity contribution in [1.29, 1.82) is 0 Å². The van der Waals surface area contributed by atoms with Crippen LogP contribution in [0.15, 0.2) is 69.7 Å². The van der Waals surface area contributed by atoms with Crippen LogP contribution < -0.4 is 10.4 Å². The summed E-state index contributed by atoms with van der Waals surface area (Å²) < 4.78 is 10.9. The van der Waals surface area contributed by atoms with E-state index in [0.29, 0.717) is 22.3 Å². The molecule has 1 atom stereocenters. The molecular weight excluding hydrogens is 322 g/mol. The van der Waals surface area contributed by atoms with Crippen LogP contribution in [-0.2, 0) is 0 Å². The fourth-order valence-electron chi connectivity index (χ4n) is 3.09. The average Bonchev–Trinajstić information content (AvgIpc) is 2.61. The summed E-state index contributed by atoms with van der Waals surface area (Å²) in [5.41, 5.74) is 1.36. The molecule has 0 saturated carbocycles. The van der Waals surface area contributed by atoms with E-state index in [-0.39, 0.29) is 11.3 Å². The lowest BCUT2D eigenvalue weighted by atomic mass is 9.87. The molecule has 1 aliphatic rings. The quantitative estimate of drug-likeness (QED) is 0.405. The van der Waals surface area contributed by atoms with Gasteiger partial charge in [-0.25, -0.2) is 4.79 Å². The first-order valence-electron chi connectivity index (χ1n) is 7.69. The fraction of sp³-hybridized carbons (Fsp3) is 0.105. The van der Waals surface area contributed by atoms with Crippen molar-refractivity contribution in [2.75, 3.05) is 0 Å². The number of allylic oxidation sites excluding steroid dienone is 1. The summed E-state index contributed by atoms with van der Waals surface area (Å²) in [6.07, 6.45) is 1.11. The smallest absolute Gasteiger partial charge is 0.344 e. The molecular formula is C19H13NO5. The fourth-order valence-corrected chi connectivity index (χ4v) is 3.09. The molecule has 0 aliphatic carbocycles. The Kier molecular flexibility index (Phi) is 3.39. The average molecular weight is 335 g/mol. The number of benzene rings is 2. The van der Waals surface area contributed by atoms with E-state index in [1.165, 1.54) is 0 Å². The molecule has 1 aromatic heterocycles. The topological polar surface area (TPSA) is 82.6 Å². The van der Waals surface area contributed by atoms with Gasteiger partial charge >= 0.3 is 5.63 Å². The van der Waals surface area contributed by atoms with Crippen LogP contribution in [0.4, 0.5) is 0 Å². The van der Waals surface area contributed by atoms with E-state index in [1.54, 1.807) is 36.4 Å². The SMILES string of the molecule is Cc1ccc(C2C([N+](=O)[O-])=COc3c2c(=O)oc2ccccc32)cc1. The van der Waals surface area contributed by atoms with Gasteiger partial charge in [0.2, 0.25) is 0 Å². The Morgan fingerprint density at radius 2 is 1.80 bits per heavy atom. The molecule has 0 N–H and O–H groups in total. The zero-order chi connectivity index (χ0) is 17.6. The van der Waals surface area contributed by atoms with Crippen molar-refractivity contribution in [1.82, 2.24) is 0 Å². The minimum atomic E-state index is -0.847. The van der Waals surface area contributed by atoms with Crippen molar-refractivity contribution in [2.45, 2.75) is 12.8 Å². The first-order valence-corrected chi connectivity index (χ1v) is 7.69. The van der Waals surface area contributed by atoms with Gasteiger partial charge in [0.15, 0.2) is 6.26 Å². The summed E-state index contributed by atoms with van der Waals surface area (Å²) in [7, 11) is 0. The predicted octanol–water partition coefficient (Wildman–Crippen LogP) is 3.74. The van der Waals surface area contributed by atoms with Crippen LogP contribution in [0.1, 0.15) is 22.6 Å². The number of aryl methyl sites for hydroxylation is 1. The highest BCUT2D eigenvalue weighted by Crippen LogP contribution is 2.42. The number of rotatable bonds is 2. The maximum atomic E-state index is 12.6. The Balaban J connectivity index is 2.04. The van der Waals surface area contributed by atoms with E-state index >= 15 is 0 Å². The molecule has 0 saturated heterocycles. The van der Waals surface area contributed by atoms with Crippen LogP contribution in [0.25, 0.3) is 11.0 Å². The van der Waals surface area contributed by atoms with Crippen LogP contribution in [0, 0.1) is 17.0 Å². The van der Waals surface area contributed by atoms with Crippen LogP contribution in [0.5, 0.6) is 5.75 Å². The van der Waals surface area contributed by atoms with E-state index in [4.69, 9.17) is 9.15 Å². The number of fused-ring (bicyclic) bond motifs is 3. The molecule has 2 heterocycles. The number of hydrogen-bond acceptors (Lipinski definition) is 5. The van der Waals surface area contributed by atoms with E-state index in [0.717, 1.165) is 11.8 Å². The lowest BCUT2D eigenvalue weighted by Gasteiger charge is -2.21. The Hall–Kier alpha value is -3.41. The van der Waals surface area contributed by atoms with Gasteiger partial charge in [-0.15, -0.1) is 0 Å². The molecule has 25 heavy (non-hydrogen) atoms. The minimum Gasteiger partial charge on any atom is -0.457 e. The van der Waals surface area contributed by atoms with Gasteiger partial charge < -0.3 is 9.15 Å². The lowest BCUT2D eigenvalue weighted by molar-refractivity contribution is -0.431. The standard InChI is InChI=1S/C19H13NO5/c1-11-6-8-12(9-7-11)16-14(20(22)23)10-24-18-13-4-2-3-5-15(13)25-19(21)17(16)18/h2-10,16H,1H3. The van der Waals surface area contributed by atoms with Gasteiger partial charge in [-0.05, 0) is 24.6 Å². The highest BCUT2D eigenvalue weighted by Gasteiger charge is 2.38. The third-order valence-electron chi connectivity index (χ3n) is 4.30. The van der Waals surface area contributed by atoms with E-state index in [9.17, 15) is 14.9 Å². The normalized spacial score (nSPS) is 16.0. The third-order valence-corrected chi connectivity index (χ3v) is 4.30. The van der Waals surface area contributed by atoms with Crippen molar-refractivity contribution >= 4 is 11.0 Å². The highest BCUT2D eigenvalue weighted by molar-refractivity contribution is 5.85. The monoisotopic (exact) mass is 335 g/mol. The van der Waals surface area contributed by atoms with Gasteiger partial charge in [0.1, 0.15) is 17.3 Å². The molecule has 3 aromatic rings.